The van der Waals surface area contributed by atoms with Crippen LogP contribution < -0.4 is 4.57 Å². The van der Waals surface area contributed by atoms with E-state index in [9.17, 15) is 4.39 Å². The number of hydrogen-bond acceptors (Lipinski definition) is 1. The van der Waals surface area contributed by atoms with Crippen molar-refractivity contribution in [1.29, 1.82) is 0 Å². The van der Waals surface area contributed by atoms with Crippen LogP contribution in [0.2, 0.25) is 0 Å². The third kappa shape index (κ3) is 2.99. The monoisotopic (exact) mass is 409 g/mol. The van der Waals surface area contributed by atoms with Crippen LogP contribution >= 0.6 is 0 Å². The van der Waals surface area contributed by atoms with Crippen LogP contribution in [0, 0.1) is 19.7 Å². The van der Waals surface area contributed by atoms with Gasteiger partial charge in [0, 0.05) is 28.3 Å². The van der Waals surface area contributed by atoms with E-state index in [4.69, 9.17) is 4.98 Å². The molecule has 154 valence electrons. The van der Waals surface area contributed by atoms with Crippen LogP contribution in [0.5, 0.6) is 0 Å². The maximum Gasteiger partial charge on any atom is 0.212 e. The first-order valence-electron chi connectivity index (χ1n) is 10.7. The Morgan fingerprint density at radius 1 is 0.806 bits per heavy atom. The third-order valence-electron chi connectivity index (χ3n) is 6.52. The molecule has 0 saturated heterocycles. The first kappa shape index (κ1) is 19.6. The van der Waals surface area contributed by atoms with Gasteiger partial charge in [0.2, 0.25) is 5.69 Å². The average molecular weight is 410 g/mol. The second-order valence-corrected chi connectivity index (χ2v) is 9.07. The molecule has 31 heavy (non-hydrogen) atoms. The van der Waals surface area contributed by atoms with Gasteiger partial charge in [0.05, 0.1) is 11.3 Å². The van der Waals surface area contributed by atoms with E-state index in [2.05, 4.69) is 81.9 Å². The lowest BCUT2D eigenvalue weighted by Crippen LogP contribution is -2.32. The van der Waals surface area contributed by atoms with Crippen molar-refractivity contribution in [3.05, 3.63) is 95.2 Å². The van der Waals surface area contributed by atoms with E-state index in [1.165, 1.54) is 39.9 Å². The van der Waals surface area contributed by atoms with Crippen LogP contribution in [0.1, 0.15) is 36.4 Å². The summed E-state index contributed by atoms with van der Waals surface area (Å²) in [5.74, 6) is -0.217. The summed E-state index contributed by atoms with van der Waals surface area (Å²) in [6.07, 6.45) is 2.12. The zero-order valence-electron chi connectivity index (χ0n) is 18.6. The van der Waals surface area contributed by atoms with Gasteiger partial charge in [-0.05, 0) is 60.4 Å². The van der Waals surface area contributed by atoms with Crippen molar-refractivity contribution >= 4 is 0 Å². The molecule has 0 unspecified atom stereocenters. The topological polar surface area (TPSA) is 16.8 Å². The van der Waals surface area contributed by atoms with Crippen molar-refractivity contribution in [1.82, 2.24) is 4.98 Å². The van der Waals surface area contributed by atoms with E-state index >= 15 is 0 Å². The maximum atomic E-state index is 13.3. The lowest BCUT2D eigenvalue weighted by molar-refractivity contribution is -0.659. The Kier molecular flexibility index (Phi) is 4.33. The highest BCUT2D eigenvalue weighted by atomic mass is 19.1. The SMILES string of the molecule is Cc1ccc2c(n1)C(C)(C)c1c-2ccc(C)c1-c1ccc(-c2ccc(F)cc2)c[n+]1C. The molecule has 3 heteroatoms. The quantitative estimate of drug-likeness (QED) is 0.355. The predicted molar refractivity (Wildman–Crippen MR) is 123 cm³/mol. The van der Waals surface area contributed by atoms with Crippen LogP contribution in [0.25, 0.3) is 33.5 Å². The van der Waals surface area contributed by atoms with E-state index < -0.39 is 0 Å². The van der Waals surface area contributed by atoms with Gasteiger partial charge < -0.3 is 0 Å². The van der Waals surface area contributed by atoms with Crippen molar-refractivity contribution in [3.8, 4) is 33.5 Å². The zero-order chi connectivity index (χ0) is 21.9. The summed E-state index contributed by atoms with van der Waals surface area (Å²) in [6, 6.07) is 19.7. The van der Waals surface area contributed by atoms with Gasteiger partial charge >= 0.3 is 0 Å². The molecule has 0 aliphatic heterocycles. The van der Waals surface area contributed by atoms with Gasteiger partial charge in [-0.25, -0.2) is 8.96 Å². The third-order valence-corrected chi connectivity index (χ3v) is 6.52. The molecular formula is C28H26FN2+. The zero-order valence-corrected chi connectivity index (χ0v) is 18.6. The second-order valence-electron chi connectivity index (χ2n) is 9.07. The van der Waals surface area contributed by atoms with Gasteiger partial charge in [0.25, 0.3) is 0 Å². The summed E-state index contributed by atoms with van der Waals surface area (Å²) in [4.78, 5) is 4.93. The van der Waals surface area contributed by atoms with E-state index in [1.807, 2.05) is 12.1 Å². The van der Waals surface area contributed by atoms with Crippen molar-refractivity contribution in [2.45, 2.75) is 33.1 Å². The van der Waals surface area contributed by atoms with Gasteiger partial charge in [0.15, 0.2) is 6.20 Å². The van der Waals surface area contributed by atoms with Gasteiger partial charge in [-0.2, -0.15) is 0 Å². The molecule has 1 aliphatic rings. The highest BCUT2D eigenvalue weighted by Crippen LogP contribution is 2.51. The fourth-order valence-corrected chi connectivity index (χ4v) is 4.96. The fourth-order valence-electron chi connectivity index (χ4n) is 4.96. The Hall–Kier alpha value is -3.33. The van der Waals surface area contributed by atoms with Crippen molar-refractivity contribution < 1.29 is 8.96 Å². The highest BCUT2D eigenvalue weighted by molar-refractivity contribution is 5.87. The summed E-state index contributed by atoms with van der Waals surface area (Å²) in [5.41, 5.74) is 11.6. The minimum Gasteiger partial charge on any atom is -0.257 e. The van der Waals surface area contributed by atoms with E-state index in [0.717, 1.165) is 28.2 Å². The molecule has 0 amide bonds. The Morgan fingerprint density at radius 3 is 2.19 bits per heavy atom. The summed E-state index contributed by atoms with van der Waals surface area (Å²) in [6.45, 7) is 8.79. The van der Waals surface area contributed by atoms with E-state index in [-0.39, 0.29) is 11.2 Å². The molecule has 0 bridgehead atoms. The van der Waals surface area contributed by atoms with Crippen LogP contribution in [0.4, 0.5) is 4.39 Å². The molecule has 0 N–H and O–H groups in total. The largest absolute Gasteiger partial charge is 0.257 e. The van der Waals surface area contributed by atoms with Crippen LogP contribution in [-0.4, -0.2) is 4.98 Å². The molecule has 0 atom stereocenters. The molecule has 0 fully saturated rings. The first-order valence-corrected chi connectivity index (χ1v) is 10.7. The van der Waals surface area contributed by atoms with Crippen molar-refractivity contribution in [3.63, 3.8) is 0 Å². The Labute approximate surface area is 183 Å². The molecule has 0 saturated carbocycles. The lowest BCUT2D eigenvalue weighted by Gasteiger charge is -2.24. The Morgan fingerprint density at radius 2 is 1.48 bits per heavy atom. The van der Waals surface area contributed by atoms with Crippen molar-refractivity contribution in [2.75, 3.05) is 0 Å². The van der Waals surface area contributed by atoms with Gasteiger partial charge in [-0.1, -0.05) is 44.2 Å². The number of pyridine rings is 2. The number of hydrogen-bond donors (Lipinski definition) is 0. The van der Waals surface area contributed by atoms with E-state index in [0.29, 0.717) is 0 Å². The number of benzene rings is 2. The molecule has 2 heterocycles. The number of aryl methyl sites for hydroxylation is 3. The highest BCUT2D eigenvalue weighted by Gasteiger charge is 2.41. The summed E-state index contributed by atoms with van der Waals surface area (Å²) in [7, 11) is 2.08. The summed E-state index contributed by atoms with van der Waals surface area (Å²) < 4.78 is 15.5. The Balaban J connectivity index is 1.71. The van der Waals surface area contributed by atoms with Gasteiger partial charge in [0.1, 0.15) is 12.9 Å². The smallest absolute Gasteiger partial charge is 0.212 e. The molecule has 2 nitrogen and oxygen atoms in total. The molecule has 2 aromatic carbocycles. The first-order chi connectivity index (χ1) is 14.8. The van der Waals surface area contributed by atoms with Crippen LogP contribution in [0.3, 0.4) is 0 Å². The predicted octanol–water partition coefficient (Wildman–Crippen LogP) is 6.30. The van der Waals surface area contributed by atoms with Crippen molar-refractivity contribution in [2.24, 2.45) is 7.05 Å². The number of halogens is 1. The molecule has 0 radical (unpaired) electrons. The maximum absolute atomic E-state index is 13.3. The molecule has 2 aromatic heterocycles. The number of aromatic nitrogens is 2. The molecule has 0 spiro atoms. The fraction of sp³-hybridized carbons (Fsp3) is 0.214. The van der Waals surface area contributed by atoms with Gasteiger partial charge in [-0.3, -0.25) is 4.98 Å². The van der Waals surface area contributed by atoms with Gasteiger partial charge in [-0.15, -0.1) is 0 Å². The normalized spacial score (nSPS) is 13.7. The Bertz CT molecular complexity index is 1330. The number of fused-ring (bicyclic) bond motifs is 3. The molecule has 4 aromatic rings. The lowest BCUT2D eigenvalue weighted by atomic mass is 9.80. The van der Waals surface area contributed by atoms with Crippen LogP contribution in [-0.2, 0) is 12.5 Å². The second kappa shape index (κ2) is 6.84. The summed E-state index contributed by atoms with van der Waals surface area (Å²) in [5, 5.41) is 0. The molecule has 5 rings (SSSR count). The minimum atomic E-state index is -0.217. The minimum absolute atomic E-state index is 0.180. The van der Waals surface area contributed by atoms with E-state index in [1.54, 1.807) is 0 Å². The summed E-state index contributed by atoms with van der Waals surface area (Å²) >= 11 is 0. The standard InChI is InChI=1S/C28H26FN2/c1-17-6-13-22-23-14-7-18(2)30-27(23)28(3,4)26(22)25(17)24-15-10-20(16-31(24)5)19-8-11-21(29)12-9-19/h6-16H,1-5H3/q+1. The average Bonchev–Trinajstić information content (AvgIpc) is 2.96. The number of rotatable bonds is 2. The number of nitrogens with zero attached hydrogens (tertiary/aromatic N) is 2. The van der Waals surface area contributed by atoms with Crippen LogP contribution in [0.15, 0.2) is 66.9 Å². The molecule has 1 aliphatic carbocycles. The molecular weight excluding hydrogens is 383 g/mol.